The summed E-state index contributed by atoms with van der Waals surface area (Å²) in [6, 6.07) is 18.1. The van der Waals surface area contributed by atoms with E-state index in [0.717, 1.165) is 74.7 Å². The third kappa shape index (κ3) is 4.07. The van der Waals surface area contributed by atoms with Crippen molar-refractivity contribution in [2.45, 2.75) is 40.0 Å². The van der Waals surface area contributed by atoms with E-state index < -0.39 is 6.40 Å². The van der Waals surface area contributed by atoms with Crippen molar-refractivity contribution in [3.05, 3.63) is 76.7 Å². The second-order valence-electron chi connectivity index (χ2n) is 11.1. The van der Waals surface area contributed by atoms with Gasteiger partial charge in [-0.15, -0.1) is 11.5 Å². The van der Waals surface area contributed by atoms with Gasteiger partial charge in [0.05, 0.1) is 19.8 Å². The molecule has 3 aliphatic heterocycles. The summed E-state index contributed by atoms with van der Waals surface area (Å²) in [4.78, 5) is 20.6. The molecule has 5 aromatic rings. The summed E-state index contributed by atoms with van der Waals surface area (Å²) < 4.78 is 22.0. The minimum absolute atomic E-state index is 0.556. The van der Waals surface area contributed by atoms with Crippen molar-refractivity contribution in [3.63, 3.8) is 0 Å². The molecule has 0 unspecified atom stereocenters. The molecule has 5 heterocycles. The predicted molar refractivity (Wildman–Crippen MR) is 175 cm³/mol. The highest BCUT2D eigenvalue weighted by atomic mass is 35.5. The third-order valence-corrected chi connectivity index (χ3v) is 8.41. The van der Waals surface area contributed by atoms with Crippen molar-refractivity contribution in [1.82, 2.24) is 8.96 Å². The molecule has 3 aromatic carbocycles. The third-order valence-electron chi connectivity index (χ3n) is 8.02. The molecule has 11 heteroatoms. The average Bonchev–Trinajstić information content (AvgIpc) is 3.66. The lowest BCUT2D eigenvalue weighted by Crippen LogP contribution is -2.44. The first-order valence-corrected chi connectivity index (χ1v) is 15.7. The van der Waals surface area contributed by atoms with Gasteiger partial charge in [0, 0.05) is 32.7 Å². The number of nitrogens with zero attached hydrogens (tertiary/aromatic N) is 6. The highest BCUT2D eigenvalue weighted by Crippen LogP contribution is 2.43. The van der Waals surface area contributed by atoms with Crippen LogP contribution < -0.4 is 25.2 Å². The summed E-state index contributed by atoms with van der Waals surface area (Å²) in [5, 5.41) is 3.65. The van der Waals surface area contributed by atoms with Crippen molar-refractivity contribution in [2.75, 3.05) is 19.8 Å². The van der Waals surface area contributed by atoms with Crippen molar-refractivity contribution in [3.8, 4) is 17.2 Å². The highest BCUT2D eigenvalue weighted by Gasteiger charge is 2.36. The second-order valence-corrected chi connectivity index (χ2v) is 11.5. The molecule has 0 aliphatic carbocycles. The molecule has 8 rings (SSSR count). The summed E-state index contributed by atoms with van der Waals surface area (Å²) in [5.41, 5.74) is 3.14. The maximum atomic E-state index is 7.44. The molecule has 0 saturated carbocycles. The summed E-state index contributed by atoms with van der Waals surface area (Å²) in [7, 11) is 0. The molecule has 220 valence electrons. The Morgan fingerprint density at radius 1 is 0.568 bits per heavy atom. The lowest BCUT2D eigenvalue weighted by molar-refractivity contribution is 0.317. The number of fused-ring (bicyclic) bond motifs is 10. The second kappa shape index (κ2) is 10.6. The van der Waals surface area contributed by atoms with Gasteiger partial charge < -0.3 is 23.2 Å². The summed E-state index contributed by atoms with van der Waals surface area (Å²) in [5.74, 6) is 4.84. The lowest BCUT2D eigenvalue weighted by Gasteiger charge is -2.18. The van der Waals surface area contributed by atoms with E-state index in [1.165, 1.54) is 0 Å². The van der Waals surface area contributed by atoms with Gasteiger partial charge in [0.15, 0.2) is 11.7 Å². The van der Waals surface area contributed by atoms with E-state index in [-0.39, 0.29) is 0 Å². The molecule has 44 heavy (non-hydrogen) atoms. The van der Waals surface area contributed by atoms with E-state index in [0.29, 0.717) is 48.6 Å². The number of benzene rings is 3. The van der Waals surface area contributed by atoms with Gasteiger partial charge >= 0.3 is 6.40 Å². The maximum absolute atomic E-state index is 7.44. The van der Waals surface area contributed by atoms with Crippen molar-refractivity contribution < 1.29 is 14.2 Å². The van der Waals surface area contributed by atoms with Gasteiger partial charge in [-0.1, -0.05) is 20.8 Å². The largest absolute Gasteiger partial charge is 0.499 e. The number of aliphatic imine (C=N–C) groups is 2. The molecule has 0 N–H and O–H groups in total. The molecule has 0 atom stereocenters. The van der Waals surface area contributed by atoms with Crippen molar-refractivity contribution in [2.24, 2.45) is 20.0 Å². The number of amidine groups is 2. The number of hydrogen-bond donors (Lipinski definition) is 0. The van der Waals surface area contributed by atoms with Gasteiger partial charge in [0.1, 0.15) is 39.9 Å². The zero-order chi connectivity index (χ0) is 29.9. The standard InChI is InChI=1S/C33H30BClN6O3/c1-4-13-42-19-7-10-22-25(16-19)29-36-28(22)37-32-26-17-20(43-14-5-2)9-12-24(26)31-39-33-27-18-21(44-15-6-3)8-11-23(27)30(38-29)40(33)34(35)41(31)32/h7-12,16-18H,4-6,13-15H2,1-3H3. The molecule has 9 nitrogen and oxygen atoms in total. The molecule has 4 bridgehead atoms. The van der Waals surface area contributed by atoms with Gasteiger partial charge in [0.25, 0.3) is 0 Å². The first-order chi connectivity index (χ1) is 21.6. The van der Waals surface area contributed by atoms with E-state index in [9.17, 15) is 0 Å². The van der Waals surface area contributed by atoms with Crippen LogP contribution in [0.5, 0.6) is 17.2 Å². The first-order valence-electron chi connectivity index (χ1n) is 15.2. The fourth-order valence-corrected chi connectivity index (χ4v) is 6.40. The topological polar surface area (TPSA) is 87.0 Å². The van der Waals surface area contributed by atoms with Gasteiger partial charge in [0.2, 0.25) is 0 Å². The monoisotopic (exact) mass is 604 g/mol. The van der Waals surface area contributed by atoms with E-state index in [4.69, 9.17) is 45.6 Å². The Morgan fingerprint density at radius 2 is 1.14 bits per heavy atom. The van der Waals surface area contributed by atoms with Crippen LogP contribution in [0.2, 0.25) is 0 Å². The number of halogens is 1. The van der Waals surface area contributed by atoms with Crippen LogP contribution >= 0.6 is 11.5 Å². The van der Waals surface area contributed by atoms with Gasteiger partial charge in [-0.05, 0) is 73.9 Å². The van der Waals surface area contributed by atoms with E-state index in [1.807, 2.05) is 63.6 Å². The molecular formula is C33H30BClN6O3. The van der Waals surface area contributed by atoms with Crippen LogP contribution in [0.15, 0.2) is 74.6 Å². The Hall–Kier alpha value is -4.57. The van der Waals surface area contributed by atoms with E-state index in [2.05, 4.69) is 20.8 Å². The minimum atomic E-state index is -0.680. The van der Waals surface area contributed by atoms with Gasteiger partial charge in [-0.25, -0.2) is 20.0 Å². The summed E-state index contributed by atoms with van der Waals surface area (Å²) in [6.45, 7) is 8.16. The summed E-state index contributed by atoms with van der Waals surface area (Å²) >= 11 is 7.44. The smallest absolute Gasteiger partial charge is 0.494 e. The van der Waals surface area contributed by atoms with Crippen LogP contribution in [0.4, 0.5) is 11.6 Å². The zero-order valence-electron chi connectivity index (χ0n) is 24.8. The van der Waals surface area contributed by atoms with Crippen molar-refractivity contribution in [1.29, 1.82) is 0 Å². The quantitative estimate of drug-likeness (QED) is 0.185. The van der Waals surface area contributed by atoms with Crippen LogP contribution in [0, 0.1) is 0 Å². The van der Waals surface area contributed by atoms with E-state index >= 15 is 0 Å². The fraction of sp³-hybridized carbons (Fsp3) is 0.273. The highest BCUT2D eigenvalue weighted by molar-refractivity contribution is 7.05. The zero-order valence-corrected chi connectivity index (χ0v) is 25.6. The van der Waals surface area contributed by atoms with Crippen LogP contribution in [0.3, 0.4) is 0 Å². The Morgan fingerprint density at radius 3 is 1.84 bits per heavy atom. The van der Waals surface area contributed by atoms with Gasteiger partial charge in [-0.2, -0.15) is 0 Å². The van der Waals surface area contributed by atoms with Gasteiger partial charge in [-0.3, -0.25) is 0 Å². The molecule has 0 fully saturated rings. The Labute approximate surface area is 259 Å². The SMILES string of the molecule is CCCOc1ccc2c(c1)C1=Nc3c4ccc(OCCC)cc4c4n3B(Cl)n3c(c5cc(OCCC)ccc5c3=N4)=NC2=N1. The van der Waals surface area contributed by atoms with Crippen LogP contribution in [-0.4, -0.2) is 46.8 Å². The number of aromatic nitrogens is 2. The molecule has 0 spiro atoms. The molecule has 2 aromatic heterocycles. The van der Waals surface area contributed by atoms with E-state index in [1.54, 1.807) is 0 Å². The lowest BCUT2D eigenvalue weighted by atomic mass is 10.1. The van der Waals surface area contributed by atoms with Crippen molar-refractivity contribution >= 4 is 62.7 Å². The molecule has 0 amide bonds. The molecule has 0 saturated heterocycles. The molecule has 0 radical (unpaired) electrons. The number of rotatable bonds is 9. The predicted octanol–water partition coefficient (Wildman–Crippen LogP) is 6.32. The number of ether oxygens (including phenoxy) is 3. The first kappa shape index (κ1) is 27.0. The average molecular weight is 605 g/mol. The number of hydrogen-bond acceptors (Lipinski definition) is 7. The Balaban J connectivity index is 1.48. The Bertz CT molecular complexity index is 2180. The van der Waals surface area contributed by atoms with Crippen LogP contribution in [0.25, 0.3) is 21.5 Å². The maximum Gasteiger partial charge on any atom is 0.499 e. The molecule has 3 aliphatic rings. The summed E-state index contributed by atoms with van der Waals surface area (Å²) in [6.07, 6.45) is 2.06. The Kier molecular flexibility index (Phi) is 6.48. The minimum Gasteiger partial charge on any atom is -0.494 e. The normalized spacial score (nSPS) is 14.1. The fourth-order valence-electron chi connectivity index (χ4n) is 6.03. The van der Waals surface area contributed by atoms with Crippen LogP contribution in [0.1, 0.15) is 51.2 Å². The van der Waals surface area contributed by atoms with Crippen LogP contribution in [-0.2, 0) is 0 Å². The molecular weight excluding hydrogens is 575 g/mol.